The summed E-state index contributed by atoms with van der Waals surface area (Å²) in [6.07, 6.45) is 8.89. The first kappa shape index (κ1) is 43.4. The molecule has 2 aliphatic rings. The standard InChI is InChI=1S/C36H67N7O7/c1-7-8-9-13-16-30-25(5)36(48)43(6)29(19-23(2)3)34(46)42-31(26-14-11-10-12-15-26)35(47)40-27(20-38)32(44)41-28(22-49-18-17-37)33(45)39-24(4)21-50-30/h23-31H,7-22,37-38H2,1-6H3,(H,39,45)(H,40,47)(H,41,44)(H,42,46)/t24-,25-,27+,28+,29+,30-,31+/m1/s1. The summed E-state index contributed by atoms with van der Waals surface area (Å²) in [6, 6.07) is -4.52. The molecule has 288 valence electrons. The van der Waals surface area contributed by atoms with Gasteiger partial charge in [0.15, 0.2) is 0 Å². The summed E-state index contributed by atoms with van der Waals surface area (Å²) in [5.41, 5.74) is 11.6. The number of rotatable bonds is 13. The number of nitrogens with two attached hydrogens (primary N) is 2. The minimum atomic E-state index is -1.18. The van der Waals surface area contributed by atoms with E-state index in [0.717, 1.165) is 57.8 Å². The van der Waals surface area contributed by atoms with Gasteiger partial charge < -0.3 is 47.1 Å². The van der Waals surface area contributed by atoms with Crippen LogP contribution in [0.25, 0.3) is 0 Å². The lowest BCUT2D eigenvalue weighted by molar-refractivity contribution is -0.147. The molecule has 2 rings (SSSR count). The summed E-state index contributed by atoms with van der Waals surface area (Å²) >= 11 is 0. The predicted molar refractivity (Wildman–Crippen MR) is 193 cm³/mol. The van der Waals surface area contributed by atoms with Gasteiger partial charge in [0.05, 0.1) is 31.8 Å². The Morgan fingerprint density at radius 1 is 0.860 bits per heavy atom. The van der Waals surface area contributed by atoms with E-state index in [0.29, 0.717) is 12.8 Å². The van der Waals surface area contributed by atoms with Gasteiger partial charge in [-0.15, -0.1) is 0 Å². The number of nitrogens with one attached hydrogen (secondary N) is 4. The minimum absolute atomic E-state index is 0.0810. The molecule has 0 bridgehead atoms. The lowest BCUT2D eigenvalue weighted by Gasteiger charge is -2.36. The molecule has 0 aromatic heterocycles. The van der Waals surface area contributed by atoms with Crippen LogP contribution in [-0.4, -0.2) is 111 Å². The first-order valence-electron chi connectivity index (χ1n) is 18.9. The Morgan fingerprint density at radius 3 is 2.14 bits per heavy atom. The Bertz CT molecular complexity index is 1070. The molecule has 14 nitrogen and oxygen atoms in total. The number of carbonyl (C=O) groups excluding carboxylic acids is 5. The molecule has 5 amide bonds. The maximum atomic E-state index is 14.1. The highest BCUT2D eigenvalue weighted by molar-refractivity contribution is 5.96. The molecular weight excluding hydrogens is 642 g/mol. The van der Waals surface area contributed by atoms with E-state index >= 15 is 0 Å². The Morgan fingerprint density at radius 2 is 1.52 bits per heavy atom. The zero-order chi connectivity index (χ0) is 37.2. The highest BCUT2D eigenvalue weighted by Crippen LogP contribution is 2.28. The summed E-state index contributed by atoms with van der Waals surface area (Å²) in [5, 5.41) is 11.3. The third-order valence-corrected chi connectivity index (χ3v) is 9.80. The highest BCUT2D eigenvalue weighted by Gasteiger charge is 2.39. The summed E-state index contributed by atoms with van der Waals surface area (Å²) < 4.78 is 11.9. The Labute approximate surface area is 299 Å². The number of amides is 5. The van der Waals surface area contributed by atoms with E-state index in [9.17, 15) is 24.0 Å². The molecule has 1 saturated heterocycles. The van der Waals surface area contributed by atoms with Crippen molar-refractivity contribution in [3.05, 3.63) is 0 Å². The van der Waals surface area contributed by atoms with Gasteiger partial charge in [0.1, 0.15) is 24.2 Å². The maximum absolute atomic E-state index is 14.1. The number of unbranched alkanes of at least 4 members (excludes halogenated alkanes) is 3. The van der Waals surface area contributed by atoms with Crippen molar-refractivity contribution in [3.8, 4) is 0 Å². The molecule has 14 heteroatoms. The summed E-state index contributed by atoms with van der Waals surface area (Å²) in [5.74, 6) is -2.99. The molecule has 2 fully saturated rings. The number of carbonyl (C=O) groups is 5. The van der Waals surface area contributed by atoms with Gasteiger partial charge in [-0.05, 0) is 44.4 Å². The zero-order valence-electron chi connectivity index (χ0n) is 31.5. The van der Waals surface area contributed by atoms with Crippen LogP contribution in [0.2, 0.25) is 0 Å². The fraction of sp³-hybridized carbons (Fsp3) is 0.861. The van der Waals surface area contributed by atoms with Crippen LogP contribution in [0.5, 0.6) is 0 Å². The topological polar surface area (TPSA) is 207 Å². The van der Waals surface area contributed by atoms with Crippen molar-refractivity contribution in [1.82, 2.24) is 26.2 Å². The first-order valence-corrected chi connectivity index (χ1v) is 18.9. The van der Waals surface area contributed by atoms with E-state index in [2.05, 4.69) is 28.2 Å². The molecule has 0 radical (unpaired) electrons. The Kier molecular flexibility index (Phi) is 19.8. The largest absolute Gasteiger partial charge is 0.377 e. The van der Waals surface area contributed by atoms with Crippen molar-refractivity contribution in [2.24, 2.45) is 29.2 Å². The van der Waals surface area contributed by atoms with Crippen LogP contribution in [0.15, 0.2) is 0 Å². The molecule has 0 spiro atoms. The lowest BCUT2D eigenvalue weighted by atomic mass is 9.83. The summed E-state index contributed by atoms with van der Waals surface area (Å²) in [7, 11) is 1.64. The predicted octanol–water partition coefficient (Wildman–Crippen LogP) is 1.34. The van der Waals surface area contributed by atoms with Gasteiger partial charge in [-0.3, -0.25) is 24.0 Å². The van der Waals surface area contributed by atoms with Crippen LogP contribution in [0.1, 0.15) is 105 Å². The molecule has 1 heterocycles. The van der Waals surface area contributed by atoms with Crippen molar-refractivity contribution in [2.45, 2.75) is 142 Å². The number of nitrogens with zero attached hydrogens (tertiary/aromatic N) is 1. The smallest absolute Gasteiger partial charge is 0.245 e. The minimum Gasteiger partial charge on any atom is -0.377 e. The molecule has 1 aliphatic heterocycles. The van der Waals surface area contributed by atoms with E-state index in [1.807, 2.05) is 20.8 Å². The third-order valence-electron chi connectivity index (χ3n) is 9.80. The van der Waals surface area contributed by atoms with Crippen molar-refractivity contribution >= 4 is 29.5 Å². The van der Waals surface area contributed by atoms with Gasteiger partial charge in [-0.25, -0.2) is 0 Å². The lowest BCUT2D eigenvalue weighted by Crippen LogP contribution is -2.62. The molecule has 7 atom stereocenters. The van der Waals surface area contributed by atoms with Crippen molar-refractivity contribution < 1.29 is 33.4 Å². The number of ether oxygens (including phenoxy) is 2. The van der Waals surface area contributed by atoms with E-state index in [4.69, 9.17) is 20.9 Å². The normalized spacial score (nSPS) is 29.0. The van der Waals surface area contributed by atoms with Crippen LogP contribution in [0, 0.1) is 17.8 Å². The second kappa shape index (κ2) is 22.9. The van der Waals surface area contributed by atoms with E-state index < -0.39 is 65.9 Å². The van der Waals surface area contributed by atoms with Gasteiger partial charge in [0.2, 0.25) is 29.5 Å². The van der Waals surface area contributed by atoms with Crippen LogP contribution < -0.4 is 32.7 Å². The summed E-state index contributed by atoms with van der Waals surface area (Å²) in [6.45, 7) is 9.86. The van der Waals surface area contributed by atoms with E-state index in [1.165, 1.54) is 4.90 Å². The van der Waals surface area contributed by atoms with Gasteiger partial charge in [-0.1, -0.05) is 72.6 Å². The van der Waals surface area contributed by atoms with Crippen molar-refractivity contribution in [2.75, 3.05) is 40.0 Å². The molecule has 0 aromatic carbocycles. The van der Waals surface area contributed by atoms with Gasteiger partial charge in [0.25, 0.3) is 0 Å². The monoisotopic (exact) mass is 710 g/mol. The molecule has 0 aromatic rings. The van der Waals surface area contributed by atoms with Gasteiger partial charge in [0, 0.05) is 26.2 Å². The maximum Gasteiger partial charge on any atom is 0.245 e. The first-order chi connectivity index (χ1) is 23.8. The third kappa shape index (κ3) is 14.1. The van der Waals surface area contributed by atoms with Crippen molar-refractivity contribution in [3.63, 3.8) is 0 Å². The highest BCUT2D eigenvalue weighted by atomic mass is 16.5. The van der Waals surface area contributed by atoms with Crippen LogP contribution >= 0.6 is 0 Å². The molecule has 1 aliphatic carbocycles. The molecule has 8 N–H and O–H groups in total. The zero-order valence-corrected chi connectivity index (χ0v) is 31.5. The molecule has 50 heavy (non-hydrogen) atoms. The Hall–Kier alpha value is -2.81. The number of hydrogen-bond acceptors (Lipinski definition) is 9. The number of likely N-dealkylation sites (N-methyl/N-ethyl adjacent to an activating group) is 1. The van der Waals surface area contributed by atoms with Crippen LogP contribution in [0.3, 0.4) is 0 Å². The summed E-state index contributed by atoms with van der Waals surface area (Å²) in [4.78, 5) is 70.7. The van der Waals surface area contributed by atoms with E-state index in [-0.39, 0.29) is 50.7 Å². The fourth-order valence-corrected chi connectivity index (χ4v) is 6.77. The average Bonchev–Trinajstić information content (AvgIpc) is 3.09. The van der Waals surface area contributed by atoms with E-state index in [1.54, 1.807) is 14.0 Å². The quantitative estimate of drug-likeness (QED) is 0.152. The van der Waals surface area contributed by atoms with Crippen LogP contribution in [0.4, 0.5) is 0 Å². The SMILES string of the molecule is CCCCCC[C@H]1OC[C@@H](C)NC(=O)[C@H](COCCN)NC(=O)[C@H](CN)NC(=O)[C@H](C2CCCCC2)NC(=O)[C@H](CC(C)C)N(C)C(=O)[C@@H]1C. The Balaban J connectivity index is 2.54. The fourth-order valence-electron chi connectivity index (χ4n) is 6.77. The molecule has 1 saturated carbocycles. The van der Waals surface area contributed by atoms with Gasteiger partial charge in [-0.2, -0.15) is 0 Å². The van der Waals surface area contributed by atoms with Crippen LogP contribution in [-0.2, 0) is 33.4 Å². The second-order valence-corrected chi connectivity index (χ2v) is 14.6. The molecular formula is C36H67N7O7. The van der Waals surface area contributed by atoms with Gasteiger partial charge >= 0.3 is 0 Å². The average molecular weight is 710 g/mol. The van der Waals surface area contributed by atoms with Crippen molar-refractivity contribution in [1.29, 1.82) is 0 Å². The second-order valence-electron chi connectivity index (χ2n) is 14.6. The number of hydrogen-bond donors (Lipinski definition) is 6. The molecule has 0 unspecified atom stereocenters.